The van der Waals surface area contributed by atoms with Crippen LogP contribution in [0.1, 0.15) is 22.7 Å². The molecule has 0 amide bonds. The highest BCUT2D eigenvalue weighted by Crippen LogP contribution is 2.43. The summed E-state index contributed by atoms with van der Waals surface area (Å²) < 4.78 is 33.3. The summed E-state index contributed by atoms with van der Waals surface area (Å²) in [6, 6.07) is 22.6. The first kappa shape index (κ1) is 19.2. The molecule has 1 aliphatic rings. The molecule has 0 spiro atoms. The largest absolute Gasteiger partial charge is 0.407 e. The first-order valence-corrected chi connectivity index (χ1v) is 9.96. The zero-order valence-electron chi connectivity index (χ0n) is 16.4. The fourth-order valence-electron chi connectivity index (χ4n) is 4.09. The molecule has 4 aromatic rings. The number of benzene rings is 3. The number of nitrogens with one attached hydrogen (secondary N) is 1. The summed E-state index contributed by atoms with van der Waals surface area (Å²) in [7, 11) is 0. The van der Waals surface area contributed by atoms with Gasteiger partial charge in [0.15, 0.2) is 0 Å². The minimum Gasteiger partial charge on any atom is -0.407 e. The average molecular weight is 416 g/mol. The quantitative estimate of drug-likeness (QED) is 0.462. The van der Waals surface area contributed by atoms with Gasteiger partial charge in [-0.25, -0.2) is 13.8 Å². The number of aromatic nitrogens is 2. The van der Waals surface area contributed by atoms with Gasteiger partial charge >= 0.3 is 5.97 Å². The maximum atomic E-state index is 14.4. The summed E-state index contributed by atoms with van der Waals surface area (Å²) in [5.74, 6) is -2.26. The van der Waals surface area contributed by atoms with Crippen LogP contribution >= 0.6 is 0 Å². The van der Waals surface area contributed by atoms with E-state index in [1.54, 1.807) is 0 Å². The zero-order chi connectivity index (χ0) is 21.4. The maximum absolute atomic E-state index is 14.4. The number of hydrogen-bond acceptors (Lipinski definition) is 3. The lowest BCUT2D eigenvalue weighted by Crippen LogP contribution is -2.34. The van der Waals surface area contributed by atoms with Gasteiger partial charge in [0.25, 0.3) is 0 Å². The fraction of sp³-hybridized carbons (Fsp3) is 0.120. The van der Waals surface area contributed by atoms with Crippen molar-refractivity contribution in [3.63, 3.8) is 0 Å². The molecule has 0 saturated heterocycles. The van der Waals surface area contributed by atoms with Crippen LogP contribution in [0.25, 0.3) is 11.4 Å². The lowest BCUT2D eigenvalue weighted by Gasteiger charge is -2.29. The van der Waals surface area contributed by atoms with Crippen molar-refractivity contribution in [2.75, 3.05) is 0 Å². The van der Waals surface area contributed by atoms with E-state index in [0.717, 1.165) is 17.2 Å². The molecule has 0 bridgehead atoms. The molecule has 0 saturated carbocycles. The van der Waals surface area contributed by atoms with Crippen molar-refractivity contribution < 1.29 is 18.3 Å². The average Bonchev–Trinajstić information content (AvgIpc) is 3.18. The highest BCUT2D eigenvalue weighted by atomic mass is 19.1. The Hall–Kier alpha value is -3.80. The molecule has 4 nitrogen and oxygen atoms in total. The number of esters is 1. The van der Waals surface area contributed by atoms with Crippen LogP contribution in [0.3, 0.4) is 0 Å². The van der Waals surface area contributed by atoms with Gasteiger partial charge in [-0.05, 0) is 29.7 Å². The van der Waals surface area contributed by atoms with Gasteiger partial charge in [0.05, 0.1) is 11.5 Å². The Bertz CT molecular complexity index is 1240. The minimum absolute atomic E-state index is 0.110. The number of carbonyl (C=O) groups is 1. The monoisotopic (exact) mass is 416 g/mol. The number of halogens is 2. The van der Waals surface area contributed by atoms with Gasteiger partial charge in [-0.3, -0.25) is 4.79 Å². The SMILES string of the molecule is O=C1Oc2[nH]c(-c3ccc(F)cc3F)nc2[C@H](c2ccccc2)[C@@H]1Cc1ccccc1. The molecule has 0 unspecified atom stereocenters. The fourth-order valence-corrected chi connectivity index (χ4v) is 4.09. The molecule has 1 N–H and O–H groups in total. The van der Waals surface area contributed by atoms with Crippen LogP contribution in [-0.4, -0.2) is 15.9 Å². The second-order valence-corrected chi connectivity index (χ2v) is 7.53. The normalized spacial score (nSPS) is 17.8. The van der Waals surface area contributed by atoms with E-state index in [1.807, 2.05) is 60.7 Å². The molecule has 0 aliphatic carbocycles. The summed E-state index contributed by atoms with van der Waals surface area (Å²) in [6.07, 6.45) is 0.478. The van der Waals surface area contributed by atoms with Crippen molar-refractivity contribution in [1.82, 2.24) is 9.97 Å². The molecular weight excluding hydrogens is 398 g/mol. The number of fused-ring (bicyclic) bond motifs is 1. The molecule has 2 atom stereocenters. The molecule has 6 heteroatoms. The number of aromatic amines is 1. The smallest absolute Gasteiger partial charge is 0.317 e. The lowest BCUT2D eigenvalue weighted by atomic mass is 9.79. The molecule has 5 rings (SSSR count). The Morgan fingerprint density at radius 3 is 2.35 bits per heavy atom. The van der Waals surface area contributed by atoms with E-state index in [-0.39, 0.29) is 29.2 Å². The summed E-state index contributed by atoms with van der Waals surface area (Å²) in [6.45, 7) is 0. The van der Waals surface area contributed by atoms with Gasteiger partial charge in [-0.15, -0.1) is 0 Å². The number of ether oxygens (including phenoxy) is 1. The molecule has 1 aromatic heterocycles. The third kappa shape index (κ3) is 3.61. The van der Waals surface area contributed by atoms with Crippen LogP contribution in [0.15, 0.2) is 78.9 Å². The molecular formula is C25H18F2N2O2. The standard InChI is InChI=1S/C25H18F2N2O2/c26-17-11-12-18(20(27)14-17)23-28-22-21(16-9-5-2-6-10-16)19(25(30)31-24(22)29-23)13-15-7-3-1-4-8-15/h1-12,14,19,21H,13H2,(H,28,29)/t19-,21+/m0/s1. The molecule has 31 heavy (non-hydrogen) atoms. The second-order valence-electron chi connectivity index (χ2n) is 7.53. The Labute approximate surface area is 177 Å². The number of hydrogen-bond donors (Lipinski definition) is 1. The van der Waals surface area contributed by atoms with E-state index in [4.69, 9.17) is 4.74 Å². The van der Waals surface area contributed by atoms with Gasteiger partial charge in [0, 0.05) is 12.0 Å². The van der Waals surface area contributed by atoms with Crippen molar-refractivity contribution in [2.45, 2.75) is 12.3 Å². The van der Waals surface area contributed by atoms with E-state index < -0.39 is 17.6 Å². The topological polar surface area (TPSA) is 55.0 Å². The maximum Gasteiger partial charge on any atom is 0.317 e. The van der Waals surface area contributed by atoms with Crippen LogP contribution in [-0.2, 0) is 11.2 Å². The second kappa shape index (κ2) is 7.80. The van der Waals surface area contributed by atoms with Crippen LogP contribution in [0.5, 0.6) is 5.88 Å². The van der Waals surface area contributed by atoms with Gasteiger partial charge in [-0.1, -0.05) is 60.7 Å². The summed E-state index contributed by atoms with van der Waals surface area (Å²) in [5.41, 5.74) is 2.57. The van der Waals surface area contributed by atoms with E-state index in [0.29, 0.717) is 12.1 Å². The number of nitrogens with zero attached hydrogens (tertiary/aromatic N) is 1. The van der Waals surface area contributed by atoms with Crippen molar-refractivity contribution in [2.24, 2.45) is 5.92 Å². The number of H-pyrrole nitrogens is 1. The van der Waals surface area contributed by atoms with Crippen LogP contribution in [0.4, 0.5) is 8.78 Å². The number of imidazole rings is 1. The molecule has 0 fully saturated rings. The highest BCUT2D eigenvalue weighted by Gasteiger charge is 2.41. The van der Waals surface area contributed by atoms with Crippen LogP contribution in [0, 0.1) is 17.6 Å². The van der Waals surface area contributed by atoms with Crippen molar-refractivity contribution in [3.05, 3.63) is 107 Å². The van der Waals surface area contributed by atoms with Crippen LogP contribution < -0.4 is 4.74 Å². The lowest BCUT2D eigenvalue weighted by molar-refractivity contribution is -0.141. The third-order valence-electron chi connectivity index (χ3n) is 5.54. The summed E-state index contributed by atoms with van der Waals surface area (Å²) in [4.78, 5) is 20.5. The van der Waals surface area contributed by atoms with E-state index in [1.165, 1.54) is 12.1 Å². The van der Waals surface area contributed by atoms with E-state index >= 15 is 0 Å². The Balaban J connectivity index is 1.61. The number of rotatable bonds is 4. The first-order valence-electron chi connectivity index (χ1n) is 9.96. The predicted molar refractivity (Wildman–Crippen MR) is 111 cm³/mol. The van der Waals surface area contributed by atoms with Gasteiger partial charge in [0.2, 0.25) is 5.88 Å². The van der Waals surface area contributed by atoms with Crippen LogP contribution in [0.2, 0.25) is 0 Å². The predicted octanol–water partition coefficient (Wildman–Crippen LogP) is 5.26. The molecule has 2 heterocycles. The minimum atomic E-state index is -0.741. The van der Waals surface area contributed by atoms with Gasteiger partial charge in [0.1, 0.15) is 23.2 Å². The van der Waals surface area contributed by atoms with E-state index in [9.17, 15) is 13.6 Å². The van der Waals surface area contributed by atoms with Gasteiger partial charge in [-0.2, -0.15) is 0 Å². The molecule has 154 valence electrons. The number of carbonyl (C=O) groups excluding carboxylic acids is 1. The molecule has 1 aliphatic heterocycles. The third-order valence-corrected chi connectivity index (χ3v) is 5.54. The summed E-state index contributed by atoms with van der Waals surface area (Å²) >= 11 is 0. The first-order chi connectivity index (χ1) is 15.1. The summed E-state index contributed by atoms with van der Waals surface area (Å²) in [5, 5.41) is 0. The Kier molecular flexibility index (Phi) is 4.82. The molecule has 3 aromatic carbocycles. The zero-order valence-corrected chi connectivity index (χ0v) is 16.4. The Morgan fingerprint density at radius 1 is 0.935 bits per heavy atom. The Morgan fingerprint density at radius 2 is 1.65 bits per heavy atom. The highest BCUT2D eigenvalue weighted by molar-refractivity contribution is 5.80. The van der Waals surface area contributed by atoms with E-state index in [2.05, 4.69) is 9.97 Å². The molecule has 0 radical (unpaired) electrons. The van der Waals surface area contributed by atoms with Gasteiger partial charge < -0.3 is 9.72 Å². The van der Waals surface area contributed by atoms with Crippen molar-refractivity contribution in [3.8, 4) is 17.3 Å². The van der Waals surface area contributed by atoms with Crippen molar-refractivity contribution >= 4 is 5.97 Å². The van der Waals surface area contributed by atoms with Crippen molar-refractivity contribution in [1.29, 1.82) is 0 Å².